The van der Waals surface area contributed by atoms with Gasteiger partial charge in [-0.05, 0) is 55.0 Å². The Morgan fingerprint density at radius 2 is 1.70 bits per heavy atom. The van der Waals surface area contributed by atoms with Crippen LogP contribution in [-0.4, -0.2) is 28.1 Å². The fraction of sp³-hybridized carbons (Fsp3) is 0.345. The number of benzene rings is 2. The molecule has 4 aromatic rings. The van der Waals surface area contributed by atoms with E-state index in [1.54, 1.807) is 18.4 Å². The molecule has 3 N–H and O–H groups in total. The average molecular weight is 506 g/mol. The third-order valence-corrected chi connectivity index (χ3v) is 6.76. The van der Waals surface area contributed by atoms with E-state index in [4.69, 9.17) is 8.83 Å². The maximum atomic E-state index is 12.9. The topological polar surface area (TPSA) is 130 Å². The Balaban J connectivity index is 1.58. The molecular formula is C29H31NO7. The van der Waals surface area contributed by atoms with Gasteiger partial charge in [0.15, 0.2) is 0 Å². The Kier molecular flexibility index (Phi) is 6.86. The van der Waals surface area contributed by atoms with Crippen molar-refractivity contribution in [2.24, 2.45) is 0 Å². The molecule has 1 atom stereocenters. The molecule has 0 aliphatic carbocycles. The lowest BCUT2D eigenvalue weighted by molar-refractivity contribution is -0.141. The molecule has 0 fully saturated rings. The summed E-state index contributed by atoms with van der Waals surface area (Å²) in [6, 6.07) is 6.96. The number of aryl methyl sites for hydroxylation is 2. The van der Waals surface area contributed by atoms with E-state index in [0.29, 0.717) is 22.3 Å². The predicted molar refractivity (Wildman–Crippen MR) is 140 cm³/mol. The highest BCUT2D eigenvalue weighted by Gasteiger charge is 2.24. The van der Waals surface area contributed by atoms with E-state index in [1.165, 1.54) is 12.1 Å². The monoisotopic (exact) mass is 505 g/mol. The zero-order valence-corrected chi connectivity index (χ0v) is 21.6. The van der Waals surface area contributed by atoms with Crippen LogP contribution in [0.2, 0.25) is 0 Å². The minimum atomic E-state index is -1.17. The van der Waals surface area contributed by atoms with Gasteiger partial charge >= 0.3 is 11.6 Å². The summed E-state index contributed by atoms with van der Waals surface area (Å²) in [7, 11) is 0. The lowest BCUT2D eigenvalue weighted by Gasteiger charge is -2.17. The number of fused-ring (bicyclic) bond motifs is 2. The molecule has 8 heteroatoms. The maximum Gasteiger partial charge on any atom is 0.339 e. The lowest BCUT2D eigenvalue weighted by atomic mass is 9.86. The van der Waals surface area contributed by atoms with Crippen LogP contribution in [0, 0.1) is 13.8 Å². The molecule has 0 radical (unpaired) electrons. The van der Waals surface area contributed by atoms with Gasteiger partial charge in [0.2, 0.25) is 5.91 Å². The molecular weight excluding hydrogens is 474 g/mol. The second-order valence-electron chi connectivity index (χ2n) is 10.5. The van der Waals surface area contributed by atoms with Crippen LogP contribution in [0.1, 0.15) is 55.0 Å². The lowest BCUT2D eigenvalue weighted by Crippen LogP contribution is -2.42. The summed E-state index contributed by atoms with van der Waals surface area (Å²) in [5.41, 5.74) is 4.03. The van der Waals surface area contributed by atoms with Gasteiger partial charge in [0.25, 0.3) is 0 Å². The number of carbonyl (C=O) groups is 2. The summed E-state index contributed by atoms with van der Waals surface area (Å²) in [6.45, 7) is 10.00. The van der Waals surface area contributed by atoms with Crippen molar-refractivity contribution in [2.45, 2.75) is 65.3 Å². The Morgan fingerprint density at radius 1 is 1.03 bits per heavy atom. The molecule has 0 bridgehead atoms. The number of rotatable bonds is 7. The largest absolute Gasteiger partial charge is 0.508 e. The third kappa shape index (κ3) is 5.23. The van der Waals surface area contributed by atoms with Gasteiger partial charge in [-0.15, -0.1) is 0 Å². The van der Waals surface area contributed by atoms with Crippen LogP contribution in [0.4, 0.5) is 0 Å². The van der Waals surface area contributed by atoms with Gasteiger partial charge in [-0.2, -0.15) is 0 Å². The van der Waals surface area contributed by atoms with Crippen molar-refractivity contribution in [3.63, 3.8) is 0 Å². The number of phenolic OH excluding ortho intramolecular Hbond substituents is 1. The van der Waals surface area contributed by atoms with Gasteiger partial charge in [0.1, 0.15) is 23.0 Å². The number of carbonyl (C=O) groups excluding carboxylic acids is 1. The first-order valence-corrected chi connectivity index (χ1v) is 12.1. The number of hydrogen-bond acceptors (Lipinski definition) is 6. The second kappa shape index (κ2) is 9.76. The number of amides is 1. The van der Waals surface area contributed by atoms with Crippen LogP contribution < -0.4 is 10.9 Å². The molecule has 2 aromatic carbocycles. The number of aliphatic carboxylic acids is 1. The number of carboxylic acid groups (broad SMARTS) is 1. The van der Waals surface area contributed by atoms with Crippen molar-refractivity contribution in [3.05, 3.63) is 74.8 Å². The SMILES string of the molecule is Cc1c(CCC(=O)NC(Cc2ccc(O)cc2)C(=O)O)c(=O)oc2c(C)c3occ(C(C)(C)C)c3cc12. The molecule has 2 heterocycles. The van der Waals surface area contributed by atoms with Crippen molar-refractivity contribution in [2.75, 3.05) is 0 Å². The van der Waals surface area contributed by atoms with Crippen molar-refractivity contribution < 1.29 is 28.6 Å². The molecule has 8 nitrogen and oxygen atoms in total. The molecule has 0 aliphatic heterocycles. The summed E-state index contributed by atoms with van der Waals surface area (Å²) in [6.07, 6.45) is 1.84. The molecule has 2 aromatic heterocycles. The number of phenols is 1. The summed E-state index contributed by atoms with van der Waals surface area (Å²) >= 11 is 0. The fourth-order valence-electron chi connectivity index (χ4n) is 4.64. The highest BCUT2D eigenvalue weighted by Crippen LogP contribution is 2.37. The van der Waals surface area contributed by atoms with Gasteiger partial charge < -0.3 is 24.4 Å². The van der Waals surface area contributed by atoms with E-state index >= 15 is 0 Å². The third-order valence-electron chi connectivity index (χ3n) is 6.76. The first-order chi connectivity index (χ1) is 17.4. The van der Waals surface area contributed by atoms with Crippen molar-refractivity contribution in [1.82, 2.24) is 5.32 Å². The van der Waals surface area contributed by atoms with Crippen LogP contribution in [0.25, 0.3) is 21.9 Å². The number of hydrogen-bond donors (Lipinski definition) is 3. The van der Waals surface area contributed by atoms with Crippen LogP contribution >= 0.6 is 0 Å². The zero-order valence-electron chi connectivity index (χ0n) is 21.6. The van der Waals surface area contributed by atoms with E-state index in [9.17, 15) is 24.6 Å². The van der Waals surface area contributed by atoms with E-state index in [2.05, 4.69) is 26.1 Å². The fourth-order valence-corrected chi connectivity index (χ4v) is 4.64. The molecule has 0 aliphatic rings. The first-order valence-electron chi connectivity index (χ1n) is 12.1. The first kappa shape index (κ1) is 26.0. The normalized spacial score (nSPS) is 12.7. The van der Waals surface area contributed by atoms with E-state index < -0.39 is 23.5 Å². The Labute approximate surface area is 213 Å². The zero-order chi connectivity index (χ0) is 27.1. The second-order valence-corrected chi connectivity index (χ2v) is 10.5. The average Bonchev–Trinajstić information content (AvgIpc) is 3.26. The number of nitrogens with one attached hydrogen (secondary N) is 1. The number of carboxylic acids is 1. The smallest absolute Gasteiger partial charge is 0.339 e. The summed E-state index contributed by atoms with van der Waals surface area (Å²) in [5.74, 6) is -1.58. The van der Waals surface area contributed by atoms with Crippen molar-refractivity contribution in [1.29, 1.82) is 0 Å². The summed E-state index contributed by atoms with van der Waals surface area (Å²) in [4.78, 5) is 37.2. The van der Waals surface area contributed by atoms with E-state index in [1.807, 2.05) is 19.9 Å². The van der Waals surface area contributed by atoms with Gasteiger partial charge in [-0.3, -0.25) is 4.79 Å². The molecule has 0 spiro atoms. The van der Waals surface area contributed by atoms with Crippen LogP contribution in [0.3, 0.4) is 0 Å². The minimum Gasteiger partial charge on any atom is -0.508 e. The van der Waals surface area contributed by atoms with Crippen LogP contribution in [-0.2, 0) is 27.8 Å². The van der Waals surface area contributed by atoms with Gasteiger partial charge in [-0.25, -0.2) is 9.59 Å². The number of aromatic hydroxyl groups is 1. The molecule has 1 unspecified atom stereocenters. The Bertz CT molecular complexity index is 1550. The standard InChI is InChI=1S/C29H31NO7/c1-15-19(10-11-24(32)30-23(27(33)34)12-17-6-8-18(31)9-7-17)28(35)37-26-16(2)25-21(13-20(15)26)22(14-36-25)29(3,4)5/h6-9,13-14,23,31H,10-12H2,1-5H3,(H,30,32)(H,33,34). The van der Waals surface area contributed by atoms with E-state index in [0.717, 1.165) is 27.5 Å². The molecule has 0 saturated heterocycles. The van der Waals surface area contributed by atoms with Crippen LogP contribution in [0.5, 0.6) is 5.75 Å². The van der Waals surface area contributed by atoms with Crippen molar-refractivity contribution in [3.8, 4) is 5.75 Å². The van der Waals surface area contributed by atoms with Crippen LogP contribution in [0.15, 0.2) is 50.2 Å². The molecule has 37 heavy (non-hydrogen) atoms. The minimum absolute atomic E-state index is 0.0641. The number of furan rings is 1. The van der Waals surface area contributed by atoms with Crippen molar-refractivity contribution >= 4 is 33.8 Å². The summed E-state index contributed by atoms with van der Waals surface area (Å²) < 4.78 is 11.5. The predicted octanol–water partition coefficient (Wildman–Crippen LogP) is 4.90. The summed E-state index contributed by atoms with van der Waals surface area (Å²) in [5, 5.41) is 23.3. The van der Waals surface area contributed by atoms with Gasteiger partial charge in [0.05, 0.1) is 6.26 Å². The van der Waals surface area contributed by atoms with Gasteiger partial charge in [-0.1, -0.05) is 32.9 Å². The maximum absolute atomic E-state index is 12.9. The Hall–Kier alpha value is -4.07. The highest BCUT2D eigenvalue weighted by atomic mass is 16.4. The Morgan fingerprint density at radius 3 is 2.32 bits per heavy atom. The quantitative estimate of drug-likeness (QED) is 0.304. The molecule has 1 amide bonds. The highest BCUT2D eigenvalue weighted by molar-refractivity contribution is 6.00. The molecule has 4 rings (SSSR count). The molecule has 194 valence electrons. The molecule has 0 saturated carbocycles. The van der Waals surface area contributed by atoms with E-state index in [-0.39, 0.29) is 30.4 Å². The van der Waals surface area contributed by atoms with Gasteiger partial charge in [0, 0.05) is 40.3 Å².